The number of benzene rings is 3. The number of nitrogens with one attached hydrogen (secondary N) is 2. The maximum atomic E-state index is 12.8. The Bertz CT molecular complexity index is 1400. The van der Waals surface area contributed by atoms with Gasteiger partial charge in [-0.15, -0.1) is 10.2 Å². The molecule has 0 atom stereocenters. The Labute approximate surface area is 222 Å². The molecule has 0 aliphatic carbocycles. The fourth-order valence-electron chi connectivity index (χ4n) is 3.55. The van der Waals surface area contributed by atoms with Crippen molar-refractivity contribution < 1.29 is 9.59 Å². The van der Waals surface area contributed by atoms with Crippen molar-refractivity contribution in [3.63, 3.8) is 0 Å². The van der Waals surface area contributed by atoms with E-state index in [0.717, 1.165) is 32.5 Å². The Balaban J connectivity index is 1.50. The molecule has 2 N–H and O–H groups in total. The van der Waals surface area contributed by atoms with Crippen LogP contribution >= 0.6 is 27.7 Å². The highest BCUT2D eigenvalue weighted by atomic mass is 79.9. The Morgan fingerprint density at radius 2 is 1.72 bits per heavy atom. The minimum atomic E-state index is -0.185. The van der Waals surface area contributed by atoms with Crippen LogP contribution in [0.3, 0.4) is 0 Å². The Morgan fingerprint density at radius 3 is 2.44 bits per heavy atom. The fourth-order valence-corrected chi connectivity index (χ4v) is 4.59. The zero-order valence-corrected chi connectivity index (χ0v) is 22.6. The van der Waals surface area contributed by atoms with Gasteiger partial charge in [0.2, 0.25) is 5.91 Å². The summed E-state index contributed by atoms with van der Waals surface area (Å²) in [5, 5.41) is 15.1. The van der Waals surface area contributed by atoms with Gasteiger partial charge in [0.1, 0.15) is 0 Å². The van der Waals surface area contributed by atoms with E-state index in [2.05, 4.69) is 36.8 Å². The van der Waals surface area contributed by atoms with E-state index in [1.54, 1.807) is 0 Å². The summed E-state index contributed by atoms with van der Waals surface area (Å²) in [7, 11) is 0. The number of hydrogen-bond donors (Lipinski definition) is 2. The Morgan fingerprint density at radius 1 is 0.944 bits per heavy atom. The molecule has 36 heavy (non-hydrogen) atoms. The molecule has 2 amide bonds. The van der Waals surface area contributed by atoms with Crippen molar-refractivity contribution in [2.45, 2.75) is 32.5 Å². The second-order valence-corrected chi connectivity index (χ2v) is 10.3. The van der Waals surface area contributed by atoms with Crippen LogP contribution in [0.1, 0.15) is 32.9 Å². The second-order valence-electron chi connectivity index (χ2n) is 8.40. The minimum absolute atomic E-state index is 0.138. The lowest BCUT2D eigenvalue weighted by Gasteiger charge is -2.12. The molecule has 0 bridgehead atoms. The molecular formula is C27H26BrN5O2S. The third-order valence-electron chi connectivity index (χ3n) is 5.60. The zero-order valence-electron chi connectivity index (χ0n) is 20.2. The highest BCUT2D eigenvalue weighted by Crippen LogP contribution is 2.24. The van der Waals surface area contributed by atoms with Crippen molar-refractivity contribution in [2.75, 3.05) is 11.1 Å². The predicted molar refractivity (Wildman–Crippen MR) is 147 cm³/mol. The first-order chi connectivity index (χ1) is 17.3. The number of carbonyl (C=O) groups is 2. The largest absolute Gasteiger partial charge is 0.345 e. The molecule has 184 valence electrons. The Kier molecular flexibility index (Phi) is 8.22. The van der Waals surface area contributed by atoms with Gasteiger partial charge in [-0.3, -0.25) is 14.2 Å². The van der Waals surface area contributed by atoms with Gasteiger partial charge >= 0.3 is 0 Å². The number of thioether (sulfide) groups is 1. The maximum Gasteiger partial charge on any atom is 0.251 e. The Hall–Kier alpha value is -3.43. The van der Waals surface area contributed by atoms with Crippen LogP contribution in [0.5, 0.6) is 0 Å². The van der Waals surface area contributed by atoms with E-state index in [4.69, 9.17) is 0 Å². The van der Waals surface area contributed by atoms with E-state index in [1.807, 2.05) is 92.1 Å². The number of amides is 2. The third-order valence-corrected chi connectivity index (χ3v) is 7.05. The van der Waals surface area contributed by atoms with Crippen molar-refractivity contribution in [1.29, 1.82) is 0 Å². The normalized spacial score (nSPS) is 10.8. The fraction of sp³-hybridized carbons (Fsp3) is 0.185. The summed E-state index contributed by atoms with van der Waals surface area (Å²) in [6.07, 6.45) is 0. The number of rotatable bonds is 8. The quantitative estimate of drug-likeness (QED) is 0.272. The smallest absolute Gasteiger partial charge is 0.251 e. The zero-order chi connectivity index (χ0) is 25.7. The molecule has 0 saturated heterocycles. The van der Waals surface area contributed by atoms with Crippen LogP contribution < -0.4 is 10.6 Å². The van der Waals surface area contributed by atoms with Crippen LogP contribution in [-0.4, -0.2) is 32.3 Å². The van der Waals surface area contributed by atoms with Gasteiger partial charge in [-0.2, -0.15) is 0 Å². The summed E-state index contributed by atoms with van der Waals surface area (Å²) < 4.78 is 2.80. The van der Waals surface area contributed by atoms with Crippen molar-refractivity contribution in [1.82, 2.24) is 20.1 Å². The van der Waals surface area contributed by atoms with Crippen LogP contribution in [0.15, 0.2) is 76.4 Å². The number of carbonyl (C=O) groups excluding carboxylic acids is 2. The number of anilines is 1. The van der Waals surface area contributed by atoms with Gasteiger partial charge in [0.25, 0.3) is 5.91 Å². The van der Waals surface area contributed by atoms with E-state index in [1.165, 1.54) is 11.8 Å². The maximum absolute atomic E-state index is 12.8. The summed E-state index contributed by atoms with van der Waals surface area (Å²) >= 11 is 4.75. The van der Waals surface area contributed by atoms with Crippen LogP contribution in [0.2, 0.25) is 0 Å². The lowest BCUT2D eigenvalue weighted by molar-refractivity contribution is -0.113. The number of nitrogens with zero attached hydrogens (tertiary/aromatic N) is 3. The molecule has 1 aromatic heterocycles. The van der Waals surface area contributed by atoms with Crippen LogP contribution in [0.25, 0.3) is 5.69 Å². The van der Waals surface area contributed by atoms with E-state index in [0.29, 0.717) is 16.5 Å². The molecule has 9 heteroatoms. The topological polar surface area (TPSA) is 88.9 Å². The van der Waals surface area contributed by atoms with Crippen molar-refractivity contribution in [3.8, 4) is 5.69 Å². The molecule has 0 aliphatic heterocycles. The van der Waals surface area contributed by atoms with Gasteiger partial charge in [0, 0.05) is 21.4 Å². The lowest BCUT2D eigenvalue weighted by atomic mass is 10.1. The average molecular weight is 565 g/mol. The molecule has 4 aromatic rings. The van der Waals surface area contributed by atoms with Gasteiger partial charge in [0.15, 0.2) is 11.0 Å². The molecule has 0 fully saturated rings. The van der Waals surface area contributed by atoms with Crippen molar-refractivity contribution >= 4 is 45.2 Å². The molecule has 0 spiro atoms. The van der Waals surface area contributed by atoms with E-state index in [9.17, 15) is 9.59 Å². The van der Waals surface area contributed by atoms with Crippen LogP contribution in [-0.2, 0) is 11.3 Å². The van der Waals surface area contributed by atoms with Gasteiger partial charge in [0.05, 0.1) is 12.3 Å². The van der Waals surface area contributed by atoms with Gasteiger partial charge < -0.3 is 10.6 Å². The first kappa shape index (κ1) is 25.7. The lowest BCUT2D eigenvalue weighted by Crippen LogP contribution is -2.24. The van der Waals surface area contributed by atoms with Crippen LogP contribution in [0, 0.1) is 20.8 Å². The molecule has 0 unspecified atom stereocenters. The summed E-state index contributed by atoms with van der Waals surface area (Å²) in [6.45, 7) is 6.16. The number of halogens is 1. The molecule has 4 rings (SSSR count). The molecule has 3 aromatic carbocycles. The first-order valence-corrected chi connectivity index (χ1v) is 13.1. The minimum Gasteiger partial charge on any atom is -0.345 e. The van der Waals surface area contributed by atoms with Gasteiger partial charge in [-0.05, 0) is 86.0 Å². The molecule has 0 radical (unpaired) electrons. The molecular weight excluding hydrogens is 538 g/mol. The van der Waals surface area contributed by atoms with Crippen molar-refractivity contribution in [3.05, 3.63) is 99.3 Å². The first-order valence-electron chi connectivity index (χ1n) is 11.3. The summed E-state index contributed by atoms with van der Waals surface area (Å²) in [4.78, 5) is 25.3. The highest BCUT2D eigenvalue weighted by Gasteiger charge is 2.17. The monoisotopic (exact) mass is 563 g/mol. The SMILES string of the molecule is Cc1cccc(NC(=O)CSc2nnc(CNC(=O)c3ccc(C)c(C)c3)n2-c2ccc(Br)cc2)c1. The predicted octanol–water partition coefficient (Wildman–Crippen LogP) is 5.62. The average Bonchev–Trinajstić information content (AvgIpc) is 3.26. The number of hydrogen-bond acceptors (Lipinski definition) is 5. The summed E-state index contributed by atoms with van der Waals surface area (Å²) in [6, 6.07) is 21.0. The molecule has 0 aliphatic rings. The summed E-state index contributed by atoms with van der Waals surface area (Å²) in [5.41, 5.74) is 5.45. The number of aryl methyl sites for hydroxylation is 3. The van der Waals surface area contributed by atoms with Crippen molar-refractivity contribution in [2.24, 2.45) is 0 Å². The summed E-state index contributed by atoms with van der Waals surface area (Å²) in [5.74, 6) is 0.407. The third kappa shape index (κ3) is 6.41. The second kappa shape index (κ2) is 11.5. The molecule has 0 saturated carbocycles. The van der Waals surface area contributed by atoms with Crippen LogP contribution in [0.4, 0.5) is 5.69 Å². The van der Waals surface area contributed by atoms with Gasteiger partial charge in [-0.1, -0.05) is 45.9 Å². The van der Waals surface area contributed by atoms with E-state index < -0.39 is 0 Å². The molecule has 1 heterocycles. The van der Waals surface area contributed by atoms with E-state index >= 15 is 0 Å². The standard InChI is InChI=1S/C27H26BrN5O2S/c1-17-5-4-6-22(13-17)30-25(34)16-36-27-32-31-24(33(27)23-11-9-21(28)10-12-23)15-29-26(35)20-8-7-18(2)19(3)14-20/h4-14H,15-16H2,1-3H3,(H,29,35)(H,30,34). The highest BCUT2D eigenvalue weighted by molar-refractivity contribution is 9.10. The van der Waals surface area contributed by atoms with E-state index in [-0.39, 0.29) is 24.1 Å². The van der Waals surface area contributed by atoms with Gasteiger partial charge in [-0.25, -0.2) is 0 Å². The molecule has 7 nitrogen and oxygen atoms in total. The number of aromatic nitrogens is 3.